The lowest BCUT2D eigenvalue weighted by Crippen LogP contribution is -2.41. The highest BCUT2D eigenvalue weighted by Crippen LogP contribution is 2.20. The van der Waals surface area contributed by atoms with Crippen LogP contribution in [-0.4, -0.2) is 43.6 Å². The summed E-state index contributed by atoms with van der Waals surface area (Å²) in [5.41, 5.74) is 5.61. The van der Waals surface area contributed by atoms with Crippen molar-refractivity contribution in [2.45, 2.75) is 4.90 Å². The first-order valence-electron chi connectivity index (χ1n) is 8.10. The lowest BCUT2D eigenvalue weighted by Gasteiger charge is -2.12. The Morgan fingerprint density at radius 2 is 1.71 bits per heavy atom. The Balaban J connectivity index is 1.72. The molecule has 1 heterocycles. The van der Waals surface area contributed by atoms with E-state index in [-0.39, 0.29) is 16.2 Å². The SMILES string of the molecule is CN(C)S(=O)(=O)c1cccc(C(=O)NNC(=O)c2cc3cc(Cl)ccc3[nH]2)c1. The van der Waals surface area contributed by atoms with Crippen LogP contribution in [-0.2, 0) is 10.0 Å². The molecule has 1 aromatic heterocycles. The van der Waals surface area contributed by atoms with Crippen molar-refractivity contribution in [3.8, 4) is 0 Å². The largest absolute Gasteiger partial charge is 0.350 e. The fraction of sp³-hybridized carbons (Fsp3) is 0.111. The average Bonchev–Trinajstić information content (AvgIpc) is 3.09. The molecule has 0 radical (unpaired) electrons. The number of carbonyl (C=O) groups excluding carboxylic acids is 2. The summed E-state index contributed by atoms with van der Waals surface area (Å²) in [7, 11) is -0.878. The highest BCUT2D eigenvalue weighted by atomic mass is 35.5. The zero-order chi connectivity index (χ0) is 20.5. The van der Waals surface area contributed by atoms with Gasteiger partial charge in [-0.05, 0) is 42.5 Å². The van der Waals surface area contributed by atoms with Gasteiger partial charge in [-0.1, -0.05) is 17.7 Å². The van der Waals surface area contributed by atoms with Gasteiger partial charge in [0.15, 0.2) is 0 Å². The van der Waals surface area contributed by atoms with Crippen molar-refractivity contribution in [2.24, 2.45) is 0 Å². The van der Waals surface area contributed by atoms with E-state index in [2.05, 4.69) is 15.8 Å². The van der Waals surface area contributed by atoms with Crippen molar-refractivity contribution < 1.29 is 18.0 Å². The van der Waals surface area contributed by atoms with E-state index in [0.29, 0.717) is 5.02 Å². The van der Waals surface area contributed by atoms with E-state index >= 15 is 0 Å². The standard InChI is InChI=1S/C18H17ClN4O4S/c1-23(2)28(26,27)14-5-3-4-11(9-14)17(24)21-22-18(25)16-10-12-8-13(19)6-7-15(12)20-16/h3-10,20H,1-2H3,(H,21,24)(H,22,25). The third kappa shape index (κ3) is 4.01. The molecule has 3 rings (SSSR count). The Morgan fingerprint density at radius 3 is 2.43 bits per heavy atom. The number of nitrogens with zero attached hydrogens (tertiary/aromatic N) is 1. The van der Waals surface area contributed by atoms with Crippen molar-refractivity contribution in [2.75, 3.05) is 14.1 Å². The minimum absolute atomic E-state index is 0.0241. The van der Waals surface area contributed by atoms with E-state index in [1.54, 1.807) is 24.3 Å². The maximum Gasteiger partial charge on any atom is 0.286 e. The molecule has 0 fully saturated rings. The maximum atomic E-state index is 12.3. The van der Waals surface area contributed by atoms with Gasteiger partial charge in [0.25, 0.3) is 11.8 Å². The first-order valence-corrected chi connectivity index (χ1v) is 9.92. The lowest BCUT2D eigenvalue weighted by atomic mass is 10.2. The normalized spacial score (nSPS) is 11.6. The summed E-state index contributed by atoms with van der Waals surface area (Å²) >= 11 is 5.93. The predicted octanol–water partition coefficient (Wildman–Crippen LogP) is 2.15. The molecule has 8 nitrogen and oxygen atoms in total. The smallest absolute Gasteiger partial charge is 0.286 e. The number of hydrogen-bond acceptors (Lipinski definition) is 4. The summed E-state index contributed by atoms with van der Waals surface area (Å²) in [5, 5.41) is 1.30. The zero-order valence-corrected chi connectivity index (χ0v) is 16.6. The fourth-order valence-corrected chi connectivity index (χ4v) is 3.62. The fourth-order valence-electron chi connectivity index (χ4n) is 2.49. The Morgan fingerprint density at radius 1 is 1.00 bits per heavy atom. The van der Waals surface area contributed by atoms with Crippen LogP contribution in [0.2, 0.25) is 5.02 Å². The molecule has 0 atom stereocenters. The Labute approximate surface area is 166 Å². The number of halogens is 1. The van der Waals surface area contributed by atoms with Crippen molar-refractivity contribution in [3.05, 3.63) is 64.8 Å². The number of fused-ring (bicyclic) bond motifs is 1. The van der Waals surface area contributed by atoms with E-state index < -0.39 is 21.8 Å². The van der Waals surface area contributed by atoms with E-state index in [9.17, 15) is 18.0 Å². The molecular weight excluding hydrogens is 404 g/mol. The molecular formula is C18H17ClN4O4S. The van der Waals surface area contributed by atoms with Gasteiger partial charge in [0.1, 0.15) is 5.69 Å². The first-order chi connectivity index (χ1) is 13.2. The van der Waals surface area contributed by atoms with Crippen LogP contribution >= 0.6 is 11.6 Å². The summed E-state index contributed by atoms with van der Waals surface area (Å²) in [6.07, 6.45) is 0. The predicted molar refractivity (Wildman–Crippen MR) is 106 cm³/mol. The van der Waals surface area contributed by atoms with Gasteiger partial charge in [0.05, 0.1) is 4.90 Å². The molecule has 0 saturated heterocycles. The number of hydrogen-bond donors (Lipinski definition) is 3. The van der Waals surface area contributed by atoms with Crippen LogP contribution in [0.15, 0.2) is 53.4 Å². The third-order valence-corrected chi connectivity index (χ3v) is 6.04. The van der Waals surface area contributed by atoms with Gasteiger partial charge in [0.2, 0.25) is 10.0 Å². The highest BCUT2D eigenvalue weighted by Gasteiger charge is 2.19. The van der Waals surface area contributed by atoms with Crippen molar-refractivity contribution >= 4 is 44.3 Å². The molecule has 3 aromatic rings. The quantitative estimate of drug-likeness (QED) is 0.561. The molecule has 2 aromatic carbocycles. The van der Waals surface area contributed by atoms with Crippen molar-refractivity contribution in [1.29, 1.82) is 0 Å². The summed E-state index contributed by atoms with van der Waals surface area (Å²) < 4.78 is 25.4. The molecule has 0 saturated carbocycles. The number of hydrazine groups is 1. The van der Waals surface area contributed by atoms with Gasteiger partial charge in [-0.15, -0.1) is 0 Å². The van der Waals surface area contributed by atoms with Gasteiger partial charge >= 0.3 is 0 Å². The van der Waals surface area contributed by atoms with Crippen LogP contribution in [0.1, 0.15) is 20.8 Å². The Bertz CT molecular complexity index is 1170. The number of rotatable bonds is 4. The van der Waals surface area contributed by atoms with E-state index in [4.69, 9.17) is 11.6 Å². The van der Waals surface area contributed by atoms with Gasteiger partial charge in [-0.2, -0.15) is 0 Å². The topological polar surface area (TPSA) is 111 Å². The monoisotopic (exact) mass is 420 g/mol. The number of amides is 2. The molecule has 3 N–H and O–H groups in total. The summed E-state index contributed by atoms with van der Waals surface area (Å²) in [6.45, 7) is 0. The number of sulfonamides is 1. The van der Waals surface area contributed by atoms with Gasteiger partial charge in [0, 0.05) is 35.6 Å². The second-order valence-corrected chi connectivity index (χ2v) is 8.73. The summed E-state index contributed by atoms with van der Waals surface area (Å²) in [5.74, 6) is -1.21. The number of H-pyrrole nitrogens is 1. The second kappa shape index (κ2) is 7.63. The van der Waals surface area contributed by atoms with Gasteiger partial charge in [-0.25, -0.2) is 12.7 Å². The maximum absolute atomic E-state index is 12.3. The molecule has 0 spiro atoms. The molecule has 2 amide bonds. The highest BCUT2D eigenvalue weighted by molar-refractivity contribution is 7.89. The zero-order valence-electron chi connectivity index (χ0n) is 15.0. The Hall–Kier alpha value is -2.88. The van der Waals surface area contributed by atoms with Gasteiger partial charge < -0.3 is 4.98 Å². The van der Waals surface area contributed by atoms with Crippen LogP contribution in [0.25, 0.3) is 10.9 Å². The summed E-state index contributed by atoms with van der Waals surface area (Å²) in [6, 6.07) is 12.3. The number of carbonyl (C=O) groups is 2. The van der Waals surface area contributed by atoms with E-state index in [0.717, 1.165) is 15.2 Å². The molecule has 0 bridgehead atoms. The number of nitrogens with one attached hydrogen (secondary N) is 3. The molecule has 146 valence electrons. The van der Waals surface area contributed by atoms with Crippen LogP contribution in [0.5, 0.6) is 0 Å². The van der Waals surface area contributed by atoms with Crippen LogP contribution in [0, 0.1) is 0 Å². The number of benzene rings is 2. The van der Waals surface area contributed by atoms with Crippen molar-refractivity contribution in [1.82, 2.24) is 20.1 Å². The second-order valence-electron chi connectivity index (χ2n) is 6.14. The van der Waals surface area contributed by atoms with E-state index in [1.807, 2.05) is 0 Å². The minimum atomic E-state index is -3.68. The molecule has 0 aliphatic heterocycles. The van der Waals surface area contributed by atoms with Crippen molar-refractivity contribution in [3.63, 3.8) is 0 Å². The molecule has 10 heteroatoms. The first kappa shape index (κ1) is 19.9. The Kier molecular flexibility index (Phi) is 5.41. The number of aromatic nitrogens is 1. The van der Waals surface area contributed by atoms with Crippen LogP contribution < -0.4 is 10.9 Å². The van der Waals surface area contributed by atoms with Crippen LogP contribution in [0.4, 0.5) is 0 Å². The van der Waals surface area contributed by atoms with E-state index in [1.165, 1.54) is 38.4 Å². The molecule has 28 heavy (non-hydrogen) atoms. The third-order valence-electron chi connectivity index (χ3n) is 3.99. The number of aromatic amines is 1. The summed E-state index contributed by atoms with van der Waals surface area (Å²) in [4.78, 5) is 27.4. The van der Waals surface area contributed by atoms with Crippen LogP contribution in [0.3, 0.4) is 0 Å². The minimum Gasteiger partial charge on any atom is -0.350 e. The lowest BCUT2D eigenvalue weighted by molar-refractivity contribution is 0.0844. The average molecular weight is 421 g/mol. The molecule has 0 aliphatic rings. The molecule has 0 unspecified atom stereocenters. The molecule has 0 aliphatic carbocycles. The van der Waals surface area contributed by atoms with Gasteiger partial charge in [-0.3, -0.25) is 20.4 Å².